The van der Waals surface area contributed by atoms with Gasteiger partial charge in [0, 0.05) is 60.1 Å². The summed E-state index contributed by atoms with van der Waals surface area (Å²) in [6.45, 7) is 8.86. The van der Waals surface area contributed by atoms with Crippen LogP contribution in [0.15, 0.2) is 48.5 Å². The van der Waals surface area contributed by atoms with Crippen LogP contribution in [0.2, 0.25) is 0 Å². The predicted octanol–water partition coefficient (Wildman–Crippen LogP) is 3.46. The van der Waals surface area contributed by atoms with Gasteiger partial charge in [-0.2, -0.15) is 0 Å². The molecular formula is C22H26N4O. The van der Waals surface area contributed by atoms with Gasteiger partial charge in [-0.1, -0.05) is 18.2 Å². The molecule has 0 saturated carbocycles. The molecule has 0 radical (unpaired) electrons. The van der Waals surface area contributed by atoms with Crippen molar-refractivity contribution in [3.63, 3.8) is 0 Å². The van der Waals surface area contributed by atoms with Crippen molar-refractivity contribution >= 4 is 22.5 Å². The lowest BCUT2D eigenvalue weighted by Gasteiger charge is -2.38. The van der Waals surface area contributed by atoms with E-state index < -0.39 is 5.91 Å². The van der Waals surface area contributed by atoms with E-state index >= 15 is 0 Å². The fourth-order valence-corrected chi connectivity index (χ4v) is 3.87. The number of carbonyl (C=O) groups excluding carboxylic acids is 1. The lowest BCUT2D eigenvalue weighted by molar-refractivity contribution is 0.100. The molecule has 0 atom stereocenters. The second-order valence-electron chi connectivity index (χ2n) is 7.48. The number of nitrogens with zero attached hydrogens (tertiary/aromatic N) is 2. The number of H-pyrrole nitrogens is 1. The first-order valence-corrected chi connectivity index (χ1v) is 9.54. The highest BCUT2D eigenvalue weighted by molar-refractivity contribution is 6.06. The third-order valence-corrected chi connectivity index (χ3v) is 5.52. The van der Waals surface area contributed by atoms with Crippen LogP contribution >= 0.6 is 0 Å². The van der Waals surface area contributed by atoms with Crippen molar-refractivity contribution in [3.8, 4) is 11.3 Å². The summed E-state index contributed by atoms with van der Waals surface area (Å²) in [5.74, 6) is -0.401. The number of hydrogen-bond acceptors (Lipinski definition) is 3. The fourth-order valence-electron chi connectivity index (χ4n) is 3.87. The van der Waals surface area contributed by atoms with Crippen LogP contribution in [0.4, 0.5) is 5.69 Å². The molecule has 0 bridgehead atoms. The molecule has 140 valence electrons. The molecule has 27 heavy (non-hydrogen) atoms. The van der Waals surface area contributed by atoms with E-state index in [1.54, 1.807) is 6.07 Å². The Bertz CT molecular complexity index is 950. The number of nitrogens with two attached hydrogens (primary N) is 1. The van der Waals surface area contributed by atoms with Crippen molar-refractivity contribution in [2.24, 2.45) is 5.73 Å². The normalized spacial score (nSPS) is 15.6. The highest BCUT2D eigenvalue weighted by atomic mass is 16.1. The van der Waals surface area contributed by atoms with Crippen LogP contribution in [-0.2, 0) is 0 Å². The summed E-state index contributed by atoms with van der Waals surface area (Å²) in [5, 5.41) is 0.869. The number of primary amides is 1. The molecule has 1 fully saturated rings. The highest BCUT2D eigenvalue weighted by Crippen LogP contribution is 2.28. The second kappa shape index (κ2) is 7.08. The third kappa shape index (κ3) is 3.43. The average molecular weight is 362 g/mol. The van der Waals surface area contributed by atoms with Crippen LogP contribution in [0.3, 0.4) is 0 Å². The van der Waals surface area contributed by atoms with Crippen molar-refractivity contribution in [1.29, 1.82) is 0 Å². The van der Waals surface area contributed by atoms with Gasteiger partial charge in [0.15, 0.2) is 0 Å². The Morgan fingerprint density at radius 3 is 2.37 bits per heavy atom. The van der Waals surface area contributed by atoms with Crippen molar-refractivity contribution < 1.29 is 4.79 Å². The van der Waals surface area contributed by atoms with Gasteiger partial charge in [-0.3, -0.25) is 9.69 Å². The van der Waals surface area contributed by atoms with Gasteiger partial charge in [0.1, 0.15) is 0 Å². The molecule has 5 heteroatoms. The van der Waals surface area contributed by atoms with E-state index in [4.69, 9.17) is 5.73 Å². The number of aromatic amines is 1. The number of nitrogens with one attached hydrogen (secondary N) is 1. The first kappa shape index (κ1) is 17.6. The monoisotopic (exact) mass is 362 g/mol. The van der Waals surface area contributed by atoms with Crippen LogP contribution < -0.4 is 10.6 Å². The van der Waals surface area contributed by atoms with Gasteiger partial charge in [-0.25, -0.2) is 0 Å². The number of amides is 1. The van der Waals surface area contributed by atoms with Crippen LogP contribution in [0, 0.1) is 0 Å². The van der Waals surface area contributed by atoms with E-state index in [9.17, 15) is 4.79 Å². The zero-order chi connectivity index (χ0) is 19.0. The molecule has 1 saturated heterocycles. The number of rotatable bonds is 4. The SMILES string of the molecule is CC(C)N1CCN(c2ccc(-c3cc4c(C(N)=O)cccc4[nH]3)cc2)CC1. The van der Waals surface area contributed by atoms with Crippen LogP contribution in [0.1, 0.15) is 24.2 Å². The Kier molecular flexibility index (Phi) is 4.62. The minimum Gasteiger partial charge on any atom is -0.369 e. The molecule has 1 aromatic heterocycles. The standard InChI is InChI=1S/C22H26N4O/c1-15(2)25-10-12-26(13-11-25)17-8-6-16(7-9-17)21-14-19-18(22(23)27)4-3-5-20(19)24-21/h3-9,14-15,24H,10-13H2,1-2H3,(H2,23,27). The number of aromatic nitrogens is 1. The number of fused-ring (bicyclic) bond motifs is 1. The Labute approximate surface area is 159 Å². The van der Waals surface area contributed by atoms with E-state index in [0.717, 1.165) is 48.3 Å². The number of hydrogen-bond donors (Lipinski definition) is 2. The minimum absolute atomic E-state index is 0.401. The topological polar surface area (TPSA) is 65.4 Å². The molecule has 5 nitrogen and oxygen atoms in total. The summed E-state index contributed by atoms with van der Waals surface area (Å²) >= 11 is 0. The molecule has 4 rings (SSSR count). The average Bonchev–Trinajstić information content (AvgIpc) is 3.12. The summed E-state index contributed by atoms with van der Waals surface area (Å²) in [6.07, 6.45) is 0. The number of carbonyl (C=O) groups is 1. The maximum atomic E-state index is 11.6. The largest absolute Gasteiger partial charge is 0.369 e. The van der Waals surface area contributed by atoms with E-state index in [0.29, 0.717) is 11.6 Å². The molecule has 1 aliphatic heterocycles. The Morgan fingerprint density at radius 2 is 1.74 bits per heavy atom. The summed E-state index contributed by atoms with van der Waals surface area (Å²) in [4.78, 5) is 20.0. The van der Waals surface area contributed by atoms with Crippen molar-refractivity contribution in [1.82, 2.24) is 9.88 Å². The molecule has 0 aliphatic carbocycles. The van der Waals surface area contributed by atoms with Gasteiger partial charge in [0.25, 0.3) is 0 Å². The molecule has 1 amide bonds. The summed E-state index contributed by atoms with van der Waals surface area (Å²) in [5.41, 5.74) is 10.3. The molecule has 3 aromatic rings. The summed E-state index contributed by atoms with van der Waals surface area (Å²) in [7, 11) is 0. The number of piperazine rings is 1. The Hall–Kier alpha value is -2.79. The van der Waals surface area contributed by atoms with E-state index in [1.165, 1.54) is 5.69 Å². The van der Waals surface area contributed by atoms with Gasteiger partial charge >= 0.3 is 0 Å². The molecule has 2 heterocycles. The summed E-state index contributed by atoms with van der Waals surface area (Å²) < 4.78 is 0. The maximum absolute atomic E-state index is 11.6. The molecule has 1 aliphatic rings. The van der Waals surface area contributed by atoms with Crippen LogP contribution in [0.5, 0.6) is 0 Å². The minimum atomic E-state index is -0.401. The molecule has 0 unspecified atom stereocenters. The maximum Gasteiger partial charge on any atom is 0.249 e. The fraction of sp³-hybridized carbons (Fsp3) is 0.318. The Balaban J connectivity index is 1.55. The zero-order valence-electron chi connectivity index (χ0n) is 15.9. The lowest BCUT2D eigenvalue weighted by Crippen LogP contribution is -2.48. The van der Waals surface area contributed by atoms with E-state index in [2.05, 4.69) is 52.9 Å². The zero-order valence-corrected chi connectivity index (χ0v) is 15.9. The smallest absolute Gasteiger partial charge is 0.249 e. The van der Waals surface area contributed by atoms with Crippen LogP contribution in [-0.4, -0.2) is 48.0 Å². The summed E-state index contributed by atoms with van der Waals surface area (Å²) in [6, 6.07) is 16.8. The van der Waals surface area contributed by atoms with E-state index in [-0.39, 0.29) is 0 Å². The molecular weight excluding hydrogens is 336 g/mol. The van der Waals surface area contributed by atoms with Gasteiger partial charge in [-0.15, -0.1) is 0 Å². The molecule has 0 spiro atoms. The van der Waals surface area contributed by atoms with Gasteiger partial charge in [0.2, 0.25) is 5.91 Å². The van der Waals surface area contributed by atoms with Crippen molar-refractivity contribution in [3.05, 3.63) is 54.1 Å². The lowest BCUT2D eigenvalue weighted by atomic mass is 10.1. The Morgan fingerprint density at radius 1 is 1.04 bits per heavy atom. The quantitative estimate of drug-likeness (QED) is 0.747. The van der Waals surface area contributed by atoms with Crippen molar-refractivity contribution in [2.45, 2.75) is 19.9 Å². The highest BCUT2D eigenvalue weighted by Gasteiger charge is 2.19. The molecule has 2 aromatic carbocycles. The van der Waals surface area contributed by atoms with Gasteiger partial charge < -0.3 is 15.6 Å². The van der Waals surface area contributed by atoms with E-state index in [1.807, 2.05) is 18.2 Å². The van der Waals surface area contributed by atoms with Gasteiger partial charge in [0.05, 0.1) is 0 Å². The van der Waals surface area contributed by atoms with Gasteiger partial charge in [-0.05, 0) is 49.7 Å². The number of anilines is 1. The first-order valence-electron chi connectivity index (χ1n) is 9.54. The second-order valence-corrected chi connectivity index (χ2v) is 7.48. The molecule has 3 N–H and O–H groups in total. The first-order chi connectivity index (χ1) is 13.0. The van der Waals surface area contributed by atoms with Crippen LogP contribution in [0.25, 0.3) is 22.2 Å². The number of benzene rings is 2. The predicted molar refractivity (Wildman–Crippen MR) is 111 cm³/mol. The third-order valence-electron chi connectivity index (χ3n) is 5.52. The van der Waals surface area contributed by atoms with Crippen molar-refractivity contribution in [2.75, 3.05) is 31.1 Å².